The fourth-order valence-corrected chi connectivity index (χ4v) is 1.09. The molecule has 0 aromatic rings. The van der Waals surface area contributed by atoms with Gasteiger partial charge in [-0.2, -0.15) is 0 Å². The Bertz CT molecular complexity index is 95.2. The van der Waals surface area contributed by atoms with Crippen molar-refractivity contribution in [3.8, 4) is 0 Å². The average molecular weight is 240 g/mol. The van der Waals surface area contributed by atoms with Crippen molar-refractivity contribution in [3.63, 3.8) is 0 Å². The fraction of sp³-hybridized carbons (Fsp3) is 0.667. The van der Waals surface area contributed by atoms with Crippen LogP contribution in [0.2, 0.25) is 0 Å². The number of hydrogen-bond donors (Lipinski definition) is 0. The first kappa shape index (κ1) is 7.18. The van der Waals surface area contributed by atoms with Crippen molar-refractivity contribution in [2.45, 2.75) is 19.1 Å². The molecule has 1 aliphatic heterocycles. The Balaban J connectivity index is 2.01. The van der Waals surface area contributed by atoms with Gasteiger partial charge in [0.2, 0.25) is 6.29 Å². The minimum Gasteiger partial charge on any atom is -0.459 e. The Kier molecular flexibility index (Phi) is 3.17. The molecule has 0 aromatic carbocycles. The molecule has 0 spiro atoms. The van der Waals surface area contributed by atoms with Gasteiger partial charge >= 0.3 is 0 Å². The summed E-state index contributed by atoms with van der Waals surface area (Å²) < 4.78 is 11.3. The van der Waals surface area contributed by atoms with E-state index < -0.39 is 0 Å². The van der Waals surface area contributed by atoms with Crippen LogP contribution in [0.4, 0.5) is 0 Å². The molecule has 0 saturated heterocycles. The van der Waals surface area contributed by atoms with Crippen molar-refractivity contribution >= 4 is 22.6 Å². The molecule has 0 fully saturated rings. The molecule has 0 bridgehead atoms. The Morgan fingerprint density at radius 3 is 2.56 bits per heavy atom. The Morgan fingerprint density at radius 2 is 2.00 bits per heavy atom. The third kappa shape index (κ3) is 2.43. The van der Waals surface area contributed by atoms with Gasteiger partial charge in [-0.1, -0.05) is 22.6 Å². The third-order valence-electron chi connectivity index (χ3n) is 1.09. The van der Waals surface area contributed by atoms with E-state index in [1.807, 2.05) is 0 Å². The van der Waals surface area contributed by atoms with E-state index in [1.54, 1.807) is 12.5 Å². The SMILES string of the molecule is ICCCC1OC=CO1. The van der Waals surface area contributed by atoms with E-state index in [-0.39, 0.29) is 6.29 Å². The van der Waals surface area contributed by atoms with Gasteiger partial charge in [-0.05, 0) is 10.8 Å². The molecule has 1 heterocycles. The van der Waals surface area contributed by atoms with Crippen molar-refractivity contribution in [2.24, 2.45) is 0 Å². The molecule has 0 N–H and O–H groups in total. The fourth-order valence-electron chi connectivity index (χ4n) is 0.651. The van der Waals surface area contributed by atoms with Gasteiger partial charge in [-0.25, -0.2) is 0 Å². The summed E-state index contributed by atoms with van der Waals surface area (Å²) in [6.45, 7) is 0. The zero-order valence-electron chi connectivity index (χ0n) is 5.05. The summed E-state index contributed by atoms with van der Waals surface area (Å²) in [6, 6.07) is 0. The van der Waals surface area contributed by atoms with E-state index in [4.69, 9.17) is 9.47 Å². The minimum atomic E-state index is -0.000217. The lowest BCUT2D eigenvalue weighted by Gasteiger charge is -2.07. The molecule has 0 amide bonds. The predicted octanol–water partition coefficient (Wildman–Crippen LogP) is 2.05. The van der Waals surface area contributed by atoms with Crippen LogP contribution in [0, 0.1) is 0 Å². The summed E-state index contributed by atoms with van der Waals surface area (Å²) in [7, 11) is 0. The van der Waals surface area contributed by atoms with Gasteiger partial charge in [-0.3, -0.25) is 0 Å². The highest BCUT2D eigenvalue weighted by atomic mass is 127. The maximum atomic E-state index is 5.05. The summed E-state index contributed by atoms with van der Waals surface area (Å²) in [5.74, 6) is 0. The zero-order valence-corrected chi connectivity index (χ0v) is 7.21. The van der Waals surface area contributed by atoms with E-state index in [9.17, 15) is 0 Å². The largest absolute Gasteiger partial charge is 0.459 e. The molecule has 2 nitrogen and oxygen atoms in total. The molecule has 0 aromatic heterocycles. The second-order valence-electron chi connectivity index (χ2n) is 1.81. The molecule has 1 rings (SSSR count). The zero-order chi connectivity index (χ0) is 6.53. The second-order valence-corrected chi connectivity index (χ2v) is 2.88. The predicted molar refractivity (Wildman–Crippen MR) is 43.2 cm³/mol. The van der Waals surface area contributed by atoms with Gasteiger partial charge in [0.15, 0.2) is 0 Å². The first-order chi connectivity index (χ1) is 4.43. The van der Waals surface area contributed by atoms with Crippen LogP contribution in [0.15, 0.2) is 12.5 Å². The highest BCUT2D eigenvalue weighted by Gasteiger charge is 2.09. The first-order valence-electron chi connectivity index (χ1n) is 2.95. The van der Waals surface area contributed by atoms with Crippen molar-refractivity contribution in [1.82, 2.24) is 0 Å². The van der Waals surface area contributed by atoms with E-state index in [0.29, 0.717) is 0 Å². The van der Waals surface area contributed by atoms with Crippen LogP contribution in [0.25, 0.3) is 0 Å². The van der Waals surface area contributed by atoms with E-state index in [1.165, 1.54) is 4.43 Å². The smallest absolute Gasteiger partial charge is 0.239 e. The summed E-state index contributed by atoms with van der Waals surface area (Å²) in [6.07, 6.45) is 5.35. The van der Waals surface area contributed by atoms with Crippen molar-refractivity contribution in [2.75, 3.05) is 4.43 Å². The van der Waals surface area contributed by atoms with E-state index in [2.05, 4.69) is 22.6 Å². The molecule has 1 aliphatic rings. The quantitative estimate of drug-likeness (QED) is 0.555. The molecule has 52 valence electrons. The van der Waals surface area contributed by atoms with Crippen molar-refractivity contribution < 1.29 is 9.47 Å². The lowest BCUT2D eigenvalue weighted by Crippen LogP contribution is -2.06. The number of rotatable bonds is 3. The lowest BCUT2D eigenvalue weighted by molar-refractivity contribution is -0.0279. The Labute approximate surface area is 68.4 Å². The molecule has 0 unspecified atom stereocenters. The van der Waals surface area contributed by atoms with E-state index in [0.717, 1.165) is 12.8 Å². The average Bonchev–Trinajstić information content (AvgIpc) is 2.34. The molecule has 3 heteroatoms. The van der Waals surface area contributed by atoms with Crippen molar-refractivity contribution in [1.29, 1.82) is 0 Å². The molecule has 0 radical (unpaired) electrons. The molecular weight excluding hydrogens is 231 g/mol. The molecule has 0 atom stereocenters. The number of hydrogen-bond acceptors (Lipinski definition) is 2. The van der Waals surface area contributed by atoms with Gasteiger partial charge in [-0.15, -0.1) is 0 Å². The second kappa shape index (κ2) is 3.98. The summed E-state index contributed by atoms with van der Waals surface area (Å²) in [4.78, 5) is 0. The highest BCUT2D eigenvalue weighted by molar-refractivity contribution is 14.1. The number of alkyl halides is 1. The summed E-state index contributed by atoms with van der Waals surface area (Å²) in [5.41, 5.74) is 0. The highest BCUT2D eigenvalue weighted by Crippen LogP contribution is 2.11. The van der Waals surface area contributed by atoms with Crippen LogP contribution < -0.4 is 0 Å². The Hall–Kier alpha value is 0.0700. The number of halogens is 1. The minimum absolute atomic E-state index is 0.000217. The lowest BCUT2D eigenvalue weighted by atomic mass is 10.3. The van der Waals surface area contributed by atoms with Crippen LogP contribution >= 0.6 is 22.6 Å². The van der Waals surface area contributed by atoms with Crippen LogP contribution in [-0.4, -0.2) is 10.7 Å². The van der Waals surface area contributed by atoms with Gasteiger partial charge in [0.25, 0.3) is 0 Å². The molecule has 0 saturated carbocycles. The van der Waals surface area contributed by atoms with E-state index >= 15 is 0 Å². The first-order valence-corrected chi connectivity index (χ1v) is 4.48. The van der Waals surface area contributed by atoms with Gasteiger partial charge in [0, 0.05) is 6.42 Å². The van der Waals surface area contributed by atoms with Crippen molar-refractivity contribution in [3.05, 3.63) is 12.5 Å². The number of ether oxygens (including phenoxy) is 2. The standard InChI is InChI=1S/C6H9IO2/c7-3-1-2-6-8-4-5-9-6/h4-6H,1-3H2. The van der Waals surface area contributed by atoms with Gasteiger partial charge in [0.1, 0.15) is 12.5 Å². The van der Waals surface area contributed by atoms with Crippen LogP contribution in [0.5, 0.6) is 0 Å². The van der Waals surface area contributed by atoms with Gasteiger partial charge in [0.05, 0.1) is 0 Å². The molecular formula is C6H9IO2. The molecule has 0 aliphatic carbocycles. The topological polar surface area (TPSA) is 18.5 Å². The Morgan fingerprint density at radius 1 is 1.33 bits per heavy atom. The summed E-state index contributed by atoms with van der Waals surface area (Å²) >= 11 is 2.34. The third-order valence-corrected chi connectivity index (χ3v) is 1.85. The van der Waals surface area contributed by atoms with Gasteiger partial charge < -0.3 is 9.47 Å². The van der Waals surface area contributed by atoms with Crippen LogP contribution in [0.3, 0.4) is 0 Å². The molecule has 9 heavy (non-hydrogen) atoms. The van der Waals surface area contributed by atoms with Crippen LogP contribution in [0.1, 0.15) is 12.8 Å². The van der Waals surface area contributed by atoms with Crippen LogP contribution in [-0.2, 0) is 9.47 Å². The maximum Gasteiger partial charge on any atom is 0.239 e. The normalized spacial score (nSPS) is 17.4. The summed E-state index contributed by atoms with van der Waals surface area (Å²) in [5, 5.41) is 0. The monoisotopic (exact) mass is 240 g/mol. The maximum absolute atomic E-state index is 5.05.